The Morgan fingerprint density at radius 2 is 1.88 bits per heavy atom. The van der Waals surface area contributed by atoms with E-state index in [4.69, 9.17) is 5.11 Å². The number of halogens is 1. The first-order chi connectivity index (χ1) is 12.4. The highest BCUT2D eigenvalue weighted by Crippen LogP contribution is 2.23. The van der Waals surface area contributed by atoms with Crippen LogP contribution in [0.3, 0.4) is 0 Å². The summed E-state index contributed by atoms with van der Waals surface area (Å²) in [7, 11) is 0. The van der Waals surface area contributed by atoms with Gasteiger partial charge in [-0.25, -0.2) is 4.39 Å². The minimum atomic E-state index is -1.08. The van der Waals surface area contributed by atoms with Gasteiger partial charge in [0, 0.05) is 37.8 Å². The number of benzene rings is 1. The van der Waals surface area contributed by atoms with Crippen LogP contribution in [0.25, 0.3) is 0 Å². The molecule has 1 heterocycles. The summed E-state index contributed by atoms with van der Waals surface area (Å²) in [5, 5.41) is 9.06. The minimum Gasteiger partial charge on any atom is -0.480 e. The lowest BCUT2D eigenvalue weighted by Crippen LogP contribution is -2.46. The average molecular weight is 365 g/mol. The van der Waals surface area contributed by atoms with Crippen LogP contribution in [0.1, 0.15) is 37.6 Å². The molecular weight excluding hydrogens is 337 g/mol. The number of carboxylic acid groups (broad SMARTS) is 1. The summed E-state index contributed by atoms with van der Waals surface area (Å²) in [6.45, 7) is 9.64. The molecule has 0 spiro atoms. The van der Waals surface area contributed by atoms with Gasteiger partial charge in [-0.1, -0.05) is 13.8 Å². The van der Waals surface area contributed by atoms with E-state index < -0.39 is 24.2 Å². The predicted octanol–water partition coefficient (Wildman–Crippen LogP) is 2.29. The number of hydrogen-bond acceptors (Lipinski definition) is 4. The number of carboxylic acids is 1. The van der Waals surface area contributed by atoms with Crippen LogP contribution in [0.5, 0.6) is 0 Å². The Morgan fingerprint density at radius 3 is 2.38 bits per heavy atom. The van der Waals surface area contributed by atoms with E-state index in [1.165, 1.54) is 11.0 Å². The first-order valence-electron chi connectivity index (χ1n) is 9.17. The smallest absolute Gasteiger partial charge is 0.323 e. The molecule has 1 atom stereocenters. The summed E-state index contributed by atoms with van der Waals surface area (Å²) in [6, 6.07) is 4.20. The number of anilines is 1. The molecule has 1 saturated heterocycles. The van der Waals surface area contributed by atoms with Gasteiger partial charge in [0.1, 0.15) is 12.4 Å². The number of carbonyl (C=O) groups excluding carboxylic acids is 1. The van der Waals surface area contributed by atoms with Gasteiger partial charge in [-0.05, 0) is 38.1 Å². The molecule has 1 aliphatic rings. The van der Waals surface area contributed by atoms with Crippen molar-refractivity contribution in [3.8, 4) is 0 Å². The molecule has 1 aliphatic heterocycles. The Balaban J connectivity index is 2.17. The summed E-state index contributed by atoms with van der Waals surface area (Å²) in [6.07, 6.45) is 0.626. The Hall–Kier alpha value is -2.15. The summed E-state index contributed by atoms with van der Waals surface area (Å²) in [5.74, 6) is -1.98. The van der Waals surface area contributed by atoms with E-state index in [0.29, 0.717) is 12.1 Å². The van der Waals surface area contributed by atoms with E-state index >= 15 is 0 Å². The van der Waals surface area contributed by atoms with Crippen LogP contribution in [-0.2, 0) is 4.79 Å². The largest absolute Gasteiger partial charge is 0.480 e. The van der Waals surface area contributed by atoms with Gasteiger partial charge in [-0.15, -0.1) is 0 Å². The number of aliphatic carboxylic acids is 1. The van der Waals surface area contributed by atoms with E-state index in [1.54, 1.807) is 19.1 Å². The van der Waals surface area contributed by atoms with E-state index in [-0.39, 0.29) is 11.6 Å². The van der Waals surface area contributed by atoms with Crippen molar-refractivity contribution in [2.24, 2.45) is 0 Å². The molecule has 1 fully saturated rings. The number of likely N-dealkylation sites (N-methyl/N-ethyl adjacent to an activating group) is 1. The Morgan fingerprint density at radius 1 is 1.23 bits per heavy atom. The topological polar surface area (TPSA) is 64.1 Å². The second kappa shape index (κ2) is 8.98. The highest BCUT2D eigenvalue weighted by Gasteiger charge is 2.25. The molecule has 0 aromatic heterocycles. The maximum Gasteiger partial charge on any atom is 0.323 e. The molecule has 26 heavy (non-hydrogen) atoms. The van der Waals surface area contributed by atoms with E-state index in [1.807, 2.05) is 11.8 Å². The Kier molecular flexibility index (Phi) is 6.97. The lowest BCUT2D eigenvalue weighted by atomic mass is 10.1. The Bertz CT molecular complexity index is 645. The zero-order valence-electron chi connectivity index (χ0n) is 15.7. The van der Waals surface area contributed by atoms with E-state index in [0.717, 1.165) is 32.7 Å². The van der Waals surface area contributed by atoms with Gasteiger partial charge in [-0.3, -0.25) is 9.59 Å². The molecule has 144 valence electrons. The maximum atomic E-state index is 14.6. The average Bonchev–Trinajstić information content (AvgIpc) is 2.64. The highest BCUT2D eigenvalue weighted by atomic mass is 19.1. The number of amides is 1. The van der Waals surface area contributed by atoms with Crippen LogP contribution < -0.4 is 4.90 Å². The van der Waals surface area contributed by atoms with Crippen LogP contribution in [0, 0.1) is 5.82 Å². The third kappa shape index (κ3) is 4.72. The van der Waals surface area contributed by atoms with Gasteiger partial charge in [-0.2, -0.15) is 0 Å². The maximum absolute atomic E-state index is 14.6. The molecule has 1 amide bonds. The first kappa shape index (κ1) is 20.2. The molecule has 1 N–H and O–H groups in total. The normalized spacial score (nSPS) is 16.4. The molecule has 0 unspecified atom stereocenters. The minimum absolute atomic E-state index is 0.181. The highest BCUT2D eigenvalue weighted by molar-refractivity contribution is 5.96. The zero-order chi connectivity index (χ0) is 19.3. The van der Waals surface area contributed by atoms with Gasteiger partial charge in [0.2, 0.25) is 0 Å². The van der Waals surface area contributed by atoms with Crippen molar-refractivity contribution in [1.29, 1.82) is 0 Å². The predicted molar refractivity (Wildman–Crippen MR) is 99.2 cm³/mol. The van der Waals surface area contributed by atoms with Crippen molar-refractivity contribution in [3.05, 3.63) is 29.6 Å². The van der Waals surface area contributed by atoms with Gasteiger partial charge >= 0.3 is 5.97 Å². The SMILES string of the molecule is CC[C@@H](C)N(CC(=O)O)C(=O)c1ccc(N2CCN(CC)CC2)c(F)c1. The van der Waals surface area contributed by atoms with Crippen molar-refractivity contribution in [3.63, 3.8) is 0 Å². The van der Waals surface area contributed by atoms with Crippen LogP contribution in [0.2, 0.25) is 0 Å². The fraction of sp³-hybridized carbons (Fsp3) is 0.579. The third-order valence-electron chi connectivity index (χ3n) is 5.04. The second-order valence-corrected chi connectivity index (χ2v) is 6.67. The van der Waals surface area contributed by atoms with Crippen molar-refractivity contribution in [1.82, 2.24) is 9.80 Å². The van der Waals surface area contributed by atoms with Crippen LogP contribution in [-0.4, -0.2) is 72.1 Å². The molecule has 0 bridgehead atoms. The molecule has 0 radical (unpaired) electrons. The summed E-state index contributed by atoms with van der Waals surface area (Å²) < 4.78 is 14.6. The summed E-state index contributed by atoms with van der Waals surface area (Å²) in [4.78, 5) is 29.3. The van der Waals surface area contributed by atoms with Crippen molar-refractivity contribution in [2.45, 2.75) is 33.2 Å². The van der Waals surface area contributed by atoms with Crippen LogP contribution in [0.15, 0.2) is 18.2 Å². The first-order valence-corrected chi connectivity index (χ1v) is 9.17. The Labute approximate surface area is 154 Å². The van der Waals surface area contributed by atoms with Gasteiger partial charge in [0.05, 0.1) is 5.69 Å². The molecule has 0 aliphatic carbocycles. The molecule has 1 aromatic carbocycles. The second-order valence-electron chi connectivity index (χ2n) is 6.67. The lowest BCUT2D eigenvalue weighted by molar-refractivity contribution is -0.138. The van der Waals surface area contributed by atoms with Crippen LogP contribution in [0.4, 0.5) is 10.1 Å². The van der Waals surface area contributed by atoms with E-state index in [2.05, 4.69) is 11.8 Å². The monoisotopic (exact) mass is 365 g/mol. The van der Waals surface area contributed by atoms with Gasteiger partial charge in [0.15, 0.2) is 0 Å². The lowest BCUT2D eigenvalue weighted by Gasteiger charge is -2.35. The standard InChI is InChI=1S/C19H28FN3O3/c1-4-14(3)23(13-18(24)25)19(26)15-6-7-17(16(20)12-15)22-10-8-21(5-2)9-11-22/h6-7,12,14H,4-5,8-11,13H2,1-3H3,(H,24,25)/t14-/m1/s1. The van der Waals surface area contributed by atoms with Crippen molar-refractivity contribution in [2.75, 3.05) is 44.2 Å². The number of rotatable bonds is 7. The molecule has 7 heteroatoms. The number of hydrogen-bond donors (Lipinski definition) is 1. The summed E-state index contributed by atoms with van der Waals surface area (Å²) in [5.41, 5.74) is 0.672. The molecule has 6 nitrogen and oxygen atoms in total. The van der Waals surface area contributed by atoms with Crippen LogP contribution >= 0.6 is 0 Å². The number of carbonyl (C=O) groups is 2. The quantitative estimate of drug-likeness (QED) is 0.803. The number of piperazine rings is 1. The summed E-state index contributed by atoms with van der Waals surface area (Å²) >= 11 is 0. The molecule has 0 saturated carbocycles. The third-order valence-corrected chi connectivity index (χ3v) is 5.04. The van der Waals surface area contributed by atoms with Gasteiger partial charge < -0.3 is 19.8 Å². The zero-order valence-corrected chi connectivity index (χ0v) is 15.7. The van der Waals surface area contributed by atoms with E-state index in [9.17, 15) is 14.0 Å². The molecule has 1 aromatic rings. The van der Waals surface area contributed by atoms with Crippen molar-refractivity contribution >= 4 is 17.6 Å². The number of nitrogens with zero attached hydrogens (tertiary/aromatic N) is 3. The fourth-order valence-corrected chi connectivity index (χ4v) is 3.16. The molecule has 2 rings (SSSR count). The fourth-order valence-electron chi connectivity index (χ4n) is 3.16. The van der Waals surface area contributed by atoms with Crippen molar-refractivity contribution < 1.29 is 19.1 Å². The van der Waals surface area contributed by atoms with Gasteiger partial charge in [0.25, 0.3) is 5.91 Å². The molecular formula is C19H28FN3O3.